The lowest BCUT2D eigenvalue weighted by Gasteiger charge is -2.36. The summed E-state index contributed by atoms with van der Waals surface area (Å²) in [6.07, 6.45) is 2.44. The van der Waals surface area contributed by atoms with Gasteiger partial charge >= 0.3 is 6.09 Å². The van der Waals surface area contributed by atoms with E-state index < -0.39 is 16.1 Å². The van der Waals surface area contributed by atoms with Crippen LogP contribution >= 0.6 is 0 Å². The molecule has 2 aliphatic heterocycles. The van der Waals surface area contributed by atoms with Crippen molar-refractivity contribution in [3.05, 3.63) is 54.2 Å². The fourth-order valence-electron chi connectivity index (χ4n) is 3.96. The summed E-state index contributed by atoms with van der Waals surface area (Å²) in [5.74, 6) is 0.401. The number of hydrogen-bond donors (Lipinski definition) is 0. The van der Waals surface area contributed by atoms with Crippen molar-refractivity contribution in [3.63, 3.8) is 0 Å². The Hall–Kier alpha value is -2.49. The Balaban J connectivity index is 1.37. The minimum atomic E-state index is -3.61. The molecule has 0 radical (unpaired) electrons. The van der Waals surface area contributed by atoms with E-state index in [-0.39, 0.29) is 4.90 Å². The molecule has 30 heavy (non-hydrogen) atoms. The van der Waals surface area contributed by atoms with Crippen molar-refractivity contribution in [2.24, 2.45) is 0 Å². The van der Waals surface area contributed by atoms with E-state index in [2.05, 4.69) is 29.1 Å². The molecule has 160 valence electrons. The zero-order chi connectivity index (χ0) is 21.1. The third kappa shape index (κ3) is 4.33. The third-order valence-corrected chi connectivity index (χ3v) is 7.60. The second kappa shape index (κ2) is 8.71. The monoisotopic (exact) mass is 430 g/mol. The van der Waals surface area contributed by atoms with Crippen LogP contribution in [0.1, 0.15) is 18.4 Å². The molecule has 4 rings (SSSR count). The Morgan fingerprint density at radius 1 is 1.10 bits per heavy atom. The molecule has 9 heteroatoms. The van der Waals surface area contributed by atoms with Crippen LogP contribution in [-0.2, 0) is 21.3 Å². The highest BCUT2D eigenvalue weighted by atomic mass is 32.2. The molecule has 0 aliphatic carbocycles. The van der Waals surface area contributed by atoms with E-state index in [4.69, 9.17) is 4.74 Å². The van der Waals surface area contributed by atoms with Crippen LogP contribution in [0.3, 0.4) is 0 Å². The summed E-state index contributed by atoms with van der Waals surface area (Å²) in [5, 5.41) is 0. The smallest absolute Gasteiger partial charge is 0.415 e. The second-order valence-corrected chi connectivity index (χ2v) is 9.59. The molecule has 0 saturated carbocycles. The Bertz CT molecular complexity index is 974. The number of carbonyl (C=O) groups is 1. The van der Waals surface area contributed by atoms with Crippen LogP contribution in [-0.4, -0.2) is 68.0 Å². The average Bonchev–Trinajstić information content (AvgIpc) is 3.20. The molecule has 1 amide bonds. The molecule has 0 unspecified atom stereocenters. The highest BCUT2D eigenvalue weighted by Gasteiger charge is 2.31. The molecule has 2 aliphatic rings. The van der Waals surface area contributed by atoms with E-state index in [1.165, 1.54) is 27.0 Å². The number of sulfonamides is 1. The molecule has 2 aromatic rings. The van der Waals surface area contributed by atoms with Crippen molar-refractivity contribution in [2.75, 3.05) is 38.2 Å². The first kappa shape index (κ1) is 20.8. The summed E-state index contributed by atoms with van der Waals surface area (Å²) in [5.41, 5.74) is 1.25. The molecule has 0 N–H and O–H groups in total. The zero-order valence-corrected chi connectivity index (χ0v) is 17.8. The zero-order valence-electron chi connectivity index (χ0n) is 17.0. The number of cyclic esters (lactones) is 1. The highest BCUT2D eigenvalue weighted by molar-refractivity contribution is 7.89. The maximum atomic E-state index is 13.0. The van der Waals surface area contributed by atoms with Gasteiger partial charge in [0.1, 0.15) is 17.3 Å². The molecule has 1 aromatic heterocycles. The van der Waals surface area contributed by atoms with Crippen LogP contribution < -0.4 is 4.90 Å². The van der Waals surface area contributed by atoms with Gasteiger partial charge in [-0.3, -0.25) is 9.80 Å². The lowest BCUT2D eigenvalue weighted by Crippen LogP contribution is -2.45. The number of benzene rings is 1. The fourth-order valence-corrected chi connectivity index (χ4v) is 5.37. The number of hydrogen-bond acceptors (Lipinski definition) is 6. The molecule has 2 saturated heterocycles. The molecular formula is C21H26N4O4S. The van der Waals surface area contributed by atoms with Gasteiger partial charge in [0.25, 0.3) is 0 Å². The first-order valence-electron chi connectivity index (χ1n) is 10.1. The first-order chi connectivity index (χ1) is 14.4. The summed E-state index contributed by atoms with van der Waals surface area (Å²) < 4.78 is 32.5. The second-order valence-electron chi connectivity index (χ2n) is 7.65. The number of carbonyl (C=O) groups excluding carboxylic acids is 1. The quantitative estimate of drug-likeness (QED) is 0.700. The Labute approximate surface area is 177 Å². The topological polar surface area (TPSA) is 83.0 Å². The Morgan fingerprint density at radius 2 is 1.83 bits per heavy atom. The number of rotatable bonds is 6. The van der Waals surface area contributed by atoms with E-state index >= 15 is 0 Å². The van der Waals surface area contributed by atoms with Gasteiger partial charge in [0.2, 0.25) is 10.0 Å². The molecule has 2 fully saturated rings. The SMILES string of the molecule is CN(Cc1ccccc1)C1CCN(S(=O)(=O)c2ccc(N3CCOC3=O)nc2)CC1. The van der Waals surface area contributed by atoms with Crippen LogP contribution in [0.4, 0.5) is 10.6 Å². The van der Waals surface area contributed by atoms with E-state index in [0.717, 1.165) is 19.4 Å². The van der Waals surface area contributed by atoms with Crippen LogP contribution in [0.25, 0.3) is 0 Å². The van der Waals surface area contributed by atoms with Gasteiger partial charge in [-0.1, -0.05) is 30.3 Å². The number of anilines is 1. The summed E-state index contributed by atoms with van der Waals surface area (Å²) in [4.78, 5) is 19.6. The number of piperidine rings is 1. The normalized spacial score (nSPS) is 18.7. The first-order valence-corrected chi connectivity index (χ1v) is 11.5. The van der Waals surface area contributed by atoms with E-state index in [0.29, 0.717) is 38.1 Å². The minimum Gasteiger partial charge on any atom is -0.447 e. The molecule has 1 aromatic carbocycles. The van der Waals surface area contributed by atoms with Crippen LogP contribution in [0.2, 0.25) is 0 Å². The Morgan fingerprint density at radius 3 is 2.43 bits per heavy atom. The van der Waals surface area contributed by atoms with Gasteiger partial charge < -0.3 is 4.74 Å². The summed E-state index contributed by atoms with van der Waals surface area (Å²) in [6, 6.07) is 13.7. The number of nitrogens with zero attached hydrogens (tertiary/aromatic N) is 4. The van der Waals surface area contributed by atoms with Crippen LogP contribution in [0.5, 0.6) is 0 Å². The summed E-state index contributed by atoms with van der Waals surface area (Å²) >= 11 is 0. The van der Waals surface area contributed by atoms with Gasteiger partial charge in [-0.05, 0) is 37.6 Å². The Kier molecular flexibility index (Phi) is 6.03. The van der Waals surface area contributed by atoms with Crippen molar-refractivity contribution in [3.8, 4) is 0 Å². The van der Waals surface area contributed by atoms with Crippen LogP contribution in [0, 0.1) is 0 Å². The molecule has 0 spiro atoms. The van der Waals surface area contributed by atoms with Crippen molar-refractivity contribution < 1.29 is 17.9 Å². The maximum absolute atomic E-state index is 13.0. The van der Waals surface area contributed by atoms with Gasteiger partial charge in [-0.2, -0.15) is 4.31 Å². The highest BCUT2D eigenvalue weighted by Crippen LogP contribution is 2.25. The maximum Gasteiger partial charge on any atom is 0.415 e. The van der Waals surface area contributed by atoms with Crippen molar-refractivity contribution in [1.82, 2.24) is 14.2 Å². The molecule has 0 bridgehead atoms. The minimum absolute atomic E-state index is 0.148. The lowest BCUT2D eigenvalue weighted by atomic mass is 10.0. The number of aromatic nitrogens is 1. The standard InChI is InChI=1S/C21H26N4O4S/c1-23(16-17-5-3-2-4-6-17)18-9-11-24(12-10-18)30(27,28)19-7-8-20(22-15-19)25-13-14-29-21(25)26/h2-8,15,18H,9-14,16H2,1H3. The van der Waals surface area contributed by atoms with Crippen molar-refractivity contribution in [1.29, 1.82) is 0 Å². The number of ether oxygens (including phenoxy) is 1. The van der Waals surface area contributed by atoms with Crippen molar-refractivity contribution in [2.45, 2.75) is 30.3 Å². The van der Waals surface area contributed by atoms with Gasteiger partial charge in [-0.15, -0.1) is 0 Å². The molecule has 8 nitrogen and oxygen atoms in total. The summed E-state index contributed by atoms with van der Waals surface area (Å²) in [6.45, 7) is 2.54. The van der Waals surface area contributed by atoms with Crippen molar-refractivity contribution >= 4 is 21.9 Å². The van der Waals surface area contributed by atoms with E-state index in [9.17, 15) is 13.2 Å². The van der Waals surface area contributed by atoms with Crippen LogP contribution in [0.15, 0.2) is 53.6 Å². The fraction of sp³-hybridized carbons (Fsp3) is 0.429. The van der Waals surface area contributed by atoms with Gasteiger partial charge in [0, 0.05) is 31.9 Å². The van der Waals surface area contributed by atoms with Gasteiger partial charge in [0.05, 0.1) is 6.54 Å². The largest absolute Gasteiger partial charge is 0.447 e. The molecule has 0 atom stereocenters. The summed E-state index contributed by atoms with van der Waals surface area (Å²) in [7, 11) is -1.52. The predicted octanol–water partition coefficient (Wildman–Crippen LogP) is 2.32. The predicted molar refractivity (Wildman–Crippen MR) is 113 cm³/mol. The number of amides is 1. The third-order valence-electron chi connectivity index (χ3n) is 5.72. The lowest BCUT2D eigenvalue weighted by molar-refractivity contribution is 0.162. The van der Waals surface area contributed by atoms with E-state index in [1.807, 2.05) is 18.2 Å². The molecular weight excluding hydrogens is 404 g/mol. The number of pyridine rings is 1. The van der Waals surface area contributed by atoms with E-state index in [1.54, 1.807) is 6.07 Å². The van der Waals surface area contributed by atoms with Gasteiger partial charge in [-0.25, -0.2) is 18.2 Å². The molecule has 3 heterocycles. The average molecular weight is 431 g/mol. The van der Waals surface area contributed by atoms with Gasteiger partial charge in [0.15, 0.2) is 0 Å².